The molecule has 1 aromatic heterocycles. The zero-order valence-electron chi connectivity index (χ0n) is 11.3. The largest absolute Gasteiger partial charge is 0.330 e. The number of aryl methyl sites for hydroxylation is 1. The van der Waals surface area contributed by atoms with Crippen molar-refractivity contribution < 1.29 is 8.78 Å². The molecule has 0 radical (unpaired) electrons. The lowest BCUT2D eigenvalue weighted by atomic mass is 10.1. The summed E-state index contributed by atoms with van der Waals surface area (Å²) in [5.41, 5.74) is 6.67. The lowest BCUT2D eigenvalue weighted by molar-refractivity contribution is 0.510. The number of fused-ring (bicyclic) bond motifs is 1. The van der Waals surface area contributed by atoms with Crippen LogP contribution in [0.5, 0.6) is 0 Å². The minimum atomic E-state index is -0.855. The Hall–Kier alpha value is -1.49. The van der Waals surface area contributed by atoms with Crippen LogP contribution in [0.15, 0.2) is 12.1 Å². The van der Waals surface area contributed by atoms with Crippen molar-refractivity contribution >= 4 is 11.0 Å². The molecule has 0 aliphatic carbocycles. The Bertz CT molecular complexity index is 576. The number of nitrogens with zero attached hydrogens (tertiary/aromatic N) is 2. The molecule has 0 atom stereocenters. The molecule has 5 heteroatoms. The van der Waals surface area contributed by atoms with Crippen molar-refractivity contribution in [1.82, 2.24) is 9.55 Å². The minimum Gasteiger partial charge on any atom is -0.330 e. The van der Waals surface area contributed by atoms with E-state index in [9.17, 15) is 8.78 Å². The third-order valence-electron chi connectivity index (χ3n) is 3.05. The summed E-state index contributed by atoms with van der Waals surface area (Å²) in [6.45, 7) is 5.42. The number of hydrogen-bond acceptors (Lipinski definition) is 2. The highest BCUT2D eigenvalue weighted by Gasteiger charge is 2.14. The van der Waals surface area contributed by atoms with Crippen LogP contribution < -0.4 is 5.73 Å². The quantitative estimate of drug-likeness (QED) is 0.905. The average Bonchev–Trinajstić information content (AvgIpc) is 2.63. The Balaban J connectivity index is 2.52. The molecule has 0 saturated carbocycles. The summed E-state index contributed by atoms with van der Waals surface area (Å²) in [7, 11) is 0. The van der Waals surface area contributed by atoms with E-state index in [4.69, 9.17) is 5.73 Å². The molecule has 0 aliphatic heterocycles. The number of nitrogens with two attached hydrogens (primary N) is 1. The molecule has 0 spiro atoms. The summed E-state index contributed by atoms with van der Waals surface area (Å²) in [5, 5.41) is 0. The molecule has 0 bridgehead atoms. The average molecular weight is 267 g/mol. The highest BCUT2D eigenvalue weighted by Crippen LogP contribution is 2.22. The van der Waals surface area contributed by atoms with Gasteiger partial charge < -0.3 is 10.3 Å². The van der Waals surface area contributed by atoms with E-state index < -0.39 is 11.6 Å². The van der Waals surface area contributed by atoms with Crippen LogP contribution in [-0.2, 0) is 13.0 Å². The predicted molar refractivity (Wildman–Crippen MR) is 71.9 cm³/mol. The summed E-state index contributed by atoms with van der Waals surface area (Å²) in [6, 6.07) is 2.38. The fraction of sp³-hybridized carbons (Fsp3) is 0.500. The number of hydrogen-bond donors (Lipinski definition) is 1. The number of aromatic nitrogens is 2. The fourth-order valence-electron chi connectivity index (χ4n) is 2.19. The van der Waals surface area contributed by atoms with Gasteiger partial charge in [0.1, 0.15) is 5.82 Å². The van der Waals surface area contributed by atoms with Crippen LogP contribution in [0.3, 0.4) is 0 Å². The Labute approximate surface area is 111 Å². The lowest BCUT2D eigenvalue weighted by Gasteiger charge is -2.10. The van der Waals surface area contributed by atoms with Crippen molar-refractivity contribution in [2.75, 3.05) is 6.54 Å². The SMILES string of the molecule is CC(C)Cc1nc2cc(F)c(F)cc2n1CCCN. The van der Waals surface area contributed by atoms with Gasteiger partial charge in [0.25, 0.3) is 0 Å². The first-order valence-electron chi connectivity index (χ1n) is 6.57. The maximum absolute atomic E-state index is 13.4. The maximum atomic E-state index is 13.4. The van der Waals surface area contributed by atoms with Gasteiger partial charge in [0.15, 0.2) is 11.6 Å². The van der Waals surface area contributed by atoms with E-state index in [2.05, 4.69) is 18.8 Å². The molecule has 1 aromatic carbocycles. The Morgan fingerprint density at radius 3 is 2.58 bits per heavy atom. The molecular weight excluding hydrogens is 248 g/mol. The number of imidazole rings is 1. The highest BCUT2D eigenvalue weighted by molar-refractivity contribution is 5.76. The van der Waals surface area contributed by atoms with E-state index in [1.165, 1.54) is 6.07 Å². The van der Waals surface area contributed by atoms with E-state index >= 15 is 0 Å². The number of halogens is 2. The molecule has 0 amide bonds. The summed E-state index contributed by atoms with van der Waals surface area (Å²) in [5.74, 6) is -0.392. The van der Waals surface area contributed by atoms with Crippen LogP contribution in [-0.4, -0.2) is 16.1 Å². The lowest BCUT2D eigenvalue weighted by Crippen LogP contribution is -2.10. The van der Waals surface area contributed by atoms with E-state index in [1.54, 1.807) is 0 Å². The molecule has 3 nitrogen and oxygen atoms in total. The van der Waals surface area contributed by atoms with Crippen molar-refractivity contribution in [2.45, 2.75) is 33.2 Å². The fourth-order valence-corrected chi connectivity index (χ4v) is 2.19. The third kappa shape index (κ3) is 2.92. The number of rotatable bonds is 5. The summed E-state index contributed by atoms with van der Waals surface area (Å²) in [4.78, 5) is 4.42. The van der Waals surface area contributed by atoms with Gasteiger partial charge in [-0.1, -0.05) is 13.8 Å². The van der Waals surface area contributed by atoms with E-state index in [-0.39, 0.29) is 0 Å². The van der Waals surface area contributed by atoms with Crippen LogP contribution in [0.2, 0.25) is 0 Å². The van der Waals surface area contributed by atoms with Crippen molar-refractivity contribution in [3.05, 3.63) is 29.6 Å². The van der Waals surface area contributed by atoms with E-state index in [0.717, 1.165) is 24.7 Å². The smallest absolute Gasteiger partial charge is 0.161 e. The second-order valence-electron chi connectivity index (χ2n) is 5.17. The molecule has 19 heavy (non-hydrogen) atoms. The predicted octanol–water partition coefficient (Wildman–Crippen LogP) is 2.86. The standard InChI is InChI=1S/C14H19F2N3/c1-9(2)6-14-18-12-7-10(15)11(16)8-13(12)19(14)5-3-4-17/h7-9H,3-6,17H2,1-2H3. The van der Waals surface area contributed by atoms with Crippen molar-refractivity contribution in [3.8, 4) is 0 Å². The van der Waals surface area contributed by atoms with Gasteiger partial charge in [-0.3, -0.25) is 0 Å². The first-order chi connectivity index (χ1) is 9.02. The third-order valence-corrected chi connectivity index (χ3v) is 3.05. The Morgan fingerprint density at radius 2 is 1.95 bits per heavy atom. The maximum Gasteiger partial charge on any atom is 0.161 e. The second kappa shape index (κ2) is 5.65. The first-order valence-corrected chi connectivity index (χ1v) is 6.57. The first kappa shape index (κ1) is 13.9. The van der Waals surface area contributed by atoms with Crippen molar-refractivity contribution in [1.29, 1.82) is 0 Å². The van der Waals surface area contributed by atoms with E-state index in [0.29, 0.717) is 30.0 Å². The normalized spacial score (nSPS) is 11.7. The molecule has 1 heterocycles. The van der Waals surface area contributed by atoms with Crippen LogP contribution in [0.4, 0.5) is 8.78 Å². The van der Waals surface area contributed by atoms with Gasteiger partial charge in [0, 0.05) is 25.1 Å². The van der Waals surface area contributed by atoms with Gasteiger partial charge in [-0.05, 0) is 18.9 Å². The van der Waals surface area contributed by atoms with Gasteiger partial charge in [-0.15, -0.1) is 0 Å². The summed E-state index contributed by atoms with van der Waals surface area (Å²) < 4.78 is 28.6. The Morgan fingerprint density at radius 1 is 1.26 bits per heavy atom. The molecule has 0 fully saturated rings. The molecule has 0 aliphatic rings. The Kier molecular flexibility index (Phi) is 4.14. The molecule has 2 aromatic rings. The van der Waals surface area contributed by atoms with Gasteiger partial charge in [0.05, 0.1) is 11.0 Å². The molecule has 0 saturated heterocycles. The molecule has 104 valence electrons. The minimum absolute atomic E-state index is 0.433. The van der Waals surface area contributed by atoms with Crippen LogP contribution in [0.25, 0.3) is 11.0 Å². The topological polar surface area (TPSA) is 43.8 Å². The summed E-state index contributed by atoms with van der Waals surface area (Å²) in [6.07, 6.45) is 1.57. The zero-order valence-corrected chi connectivity index (χ0v) is 11.3. The molecule has 0 unspecified atom stereocenters. The molecule has 2 N–H and O–H groups in total. The highest BCUT2D eigenvalue weighted by atomic mass is 19.2. The van der Waals surface area contributed by atoms with Crippen molar-refractivity contribution in [3.63, 3.8) is 0 Å². The van der Waals surface area contributed by atoms with Gasteiger partial charge in [-0.25, -0.2) is 13.8 Å². The van der Waals surface area contributed by atoms with Gasteiger partial charge in [-0.2, -0.15) is 0 Å². The van der Waals surface area contributed by atoms with Gasteiger partial charge in [0.2, 0.25) is 0 Å². The molecular formula is C14H19F2N3. The second-order valence-corrected chi connectivity index (χ2v) is 5.17. The van der Waals surface area contributed by atoms with Gasteiger partial charge >= 0.3 is 0 Å². The van der Waals surface area contributed by atoms with Crippen LogP contribution in [0, 0.1) is 17.6 Å². The summed E-state index contributed by atoms with van der Waals surface area (Å²) >= 11 is 0. The van der Waals surface area contributed by atoms with Crippen LogP contribution in [0.1, 0.15) is 26.1 Å². The zero-order chi connectivity index (χ0) is 14.0. The monoisotopic (exact) mass is 267 g/mol. The van der Waals surface area contributed by atoms with E-state index in [1.807, 2.05) is 4.57 Å². The van der Waals surface area contributed by atoms with Crippen LogP contribution >= 0.6 is 0 Å². The number of benzene rings is 1. The molecule has 2 rings (SSSR count). The van der Waals surface area contributed by atoms with Crippen molar-refractivity contribution in [2.24, 2.45) is 11.7 Å².